The summed E-state index contributed by atoms with van der Waals surface area (Å²) < 4.78 is 4.43. The number of amides is 2. The molecule has 0 unspecified atom stereocenters. The van der Waals surface area contributed by atoms with Gasteiger partial charge in [0.25, 0.3) is 0 Å². The summed E-state index contributed by atoms with van der Waals surface area (Å²) in [5, 5.41) is 14.0. The summed E-state index contributed by atoms with van der Waals surface area (Å²) >= 11 is 0. The number of hydrogen-bond donors (Lipinski definition) is 3. The number of esters is 1. The first-order valence-electron chi connectivity index (χ1n) is 6.56. The third-order valence-electron chi connectivity index (χ3n) is 3.15. The van der Waals surface area contributed by atoms with Crippen molar-refractivity contribution in [3.63, 3.8) is 0 Å². The summed E-state index contributed by atoms with van der Waals surface area (Å²) in [6, 6.07) is -1.66. The van der Waals surface area contributed by atoms with Crippen LogP contribution >= 0.6 is 0 Å². The van der Waals surface area contributed by atoms with Gasteiger partial charge in [0.2, 0.25) is 0 Å². The second-order valence-electron chi connectivity index (χ2n) is 5.35. The van der Waals surface area contributed by atoms with Crippen LogP contribution in [0.3, 0.4) is 0 Å². The van der Waals surface area contributed by atoms with Crippen molar-refractivity contribution < 1.29 is 24.2 Å². The van der Waals surface area contributed by atoms with Crippen molar-refractivity contribution in [1.82, 2.24) is 10.6 Å². The van der Waals surface area contributed by atoms with E-state index in [4.69, 9.17) is 5.11 Å². The van der Waals surface area contributed by atoms with E-state index >= 15 is 0 Å². The number of hydrogen-bond acceptors (Lipinski definition) is 4. The predicted molar refractivity (Wildman–Crippen MR) is 73.3 cm³/mol. The molecule has 0 bridgehead atoms. The van der Waals surface area contributed by atoms with Gasteiger partial charge in [0.05, 0.1) is 7.11 Å². The lowest BCUT2D eigenvalue weighted by Gasteiger charge is -2.23. The molecule has 3 N–H and O–H groups in total. The summed E-state index contributed by atoms with van der Waals surface area (Å²) in [7, 11) is 1.23. The SMILES string of the molecule is CCC(C)(C)CNC(=O)N[C@@H](CCC(=O)OC)C(=O)O. The molecule has 116 valence electrons. The van der Waals surface area contributed by atoms with Crippen LogP contribution in [0, 0.1) is 5.41 Å². The summed E-state index contributed by atoms with van der Waals surface area (Å²) in [4.78, 5) is 33.6. The van der Waals surface area contributed by atoms with Gasteiger partial charge in [-0.25, -0.2) is 9.59 Å². The number of ether oxygens (including phenoxy) is 1. The second kappa shape index (κ2) is 8.39. The van der Waals surface area contributed by atoms with E-state index in [-0.39, 0.29) is 18.3 Å². The zero-order valence-electron chi connectivity index (χ0n) is 12.5. The van der Waals surface area contributed by atoms with Crippen LogP contribution in [-0.4, -0.2) is 42.8 Å². The predicted octanol–water partition coefficient (Wildman–Crippen LogP) is 1.13. The monoisotopic (exact) mass is 288 g/mol. The van der Waals surface area contributed by atoms with Crippen LogP contribution in [0.5, 0.6) is 0 Å². The summed E-state index contributed by atoms with van der Waals surface area (Å²) in [5.41, 5.74) is -0.0535. The molecule has 7 heteroatoms. The third kappa shape index (κ3) is 7.60. The molecule has 0 heterocycles. The quantitative estimate of drug-likeness (QED) is 0.581. The Labute approximate surface area is 119 Å². The number of urea groups is 1. The highest BCUT2D eigenvalue weighted by Gasteiger charge is 2.22. The van der Waals surface area contributed by atoms with E-state index in [0.717, 1.165) is 6.42 Å². The maximum atomic E-state index is 11.6. The molecular weight excluding hydrogens is 264 g/mol. The number of carboxylic acids is 1. The minimum atomic E-state index is -1.18. The maximum absolute atomic E-state index is 11.6. The Morgan fingerprint density at radius 1 is 1.30 bits per heavy atom. The van der Waals surface area contributed by atoms with E-state index in [1.165, 1.54) is 7.11 Å². The van der Waals surface area contributed by atoms with Gasteiger partial charge in [0.1, 0.15) is 6.04 Å². The molecule has 0 saturated carbocycles. The minimum Gasteiger partial charge on any atom is -0.480 e. The normalized spacial score (nSPS) is 12.4. The molecule has 0 aromatic rings. The van der Waals surface area contributed by atoms with E-state index in [2.05, 4.69) is 15.4 Å². The Kier molecular flexibility index (Phi) is 7.64. The van der Waals surface area contributed by atoms with Crippen molar-refractivity contribution in [2.24, 2.45) is 5.41 Å². The second-order valence-corrected chi connectivity index (χ2v) is 5.35. The highest BCUT2D eigenvalue weighted by atomic mass is 16.5. The van der Waals surface area contributed by atoms with E-state index in [0.29, 0.717) is 6.54 Å². The zero-order valence-corrected chi connectivity index (χ0v) is 12.5. The topological polar surface area (TPSA) is 105 Å². The van der Waals surface area contributed by atoms with Crippen molar-refractivity contribution in [2.75, 3.05) is 13.7 Å². The fourth-order valence-electron chi connectivity index (χ4n) is 1.28. The molecule has 0 aliphatic carbocycles. The average Bonchev–Trinajstić information content (AvgIpc) is 2.40. The molecule has 0 rings (SSSR count). The van der Waals surface area contributed by atoms with Crippen molar-refractivity contribution >= 4 is 18.0 Å². The molecule has 0 aromatic heterocycles. The number of carbonyl (C=O) groups is 3. The van der Waals surface area contributed by atoms with Crippen LogP contribution in [0.25, 0.3) is 0 Å². The van der Waals surface area contributed by atoms with Gasteiger partial charge in [0.15, 0.2) is 0 Å². The van der Waals surface area contributed by atoms with E-state index in [1.54, 1.807) is 0 Å². The van der Waals surface area contributed by atoms with Crippen LogP contribution in [0.2, 0.25) is 0 Å². The standard InChI is InChI=1S/C13H24N2O5/c1-5-13(2,3)8-14-12(19)15-9(11(17)18)6-7-10(16)20-4/h9H,5-8H2,1-4H3,(H,17,18)(H2,14,15,19)/t9-/m0/s1. The Morgan fingerprint density at radius 2 is 1.90 bits per heavy atom. The van der Waals surface area contributed by atoms with Gasteiger partial charge in [-0.1, -0.05) is 20.8 Å². The molecule has 0 spiro atoms. The van der Waals surface area contributed by atoms with Crippen LogP contribution < -0.4 is 10.6 Å². The van der Waals surface area contributed by atoms with Gasteiger partial charge >= 0.3 is 18.0 Å². The van der Waals surface area contributed by atoms with Crippen LogP contribution in [0.4, 0.5) is 4.79 Å². The number of nitrogens with one attached hydrogen (secondary N) is 2. The first kappa shape index (κ1) is 18.2. The van der Waals surface area contributed by atoms with Gasteiger partial charge in [0, 0.05) is 13.0 Å². The fraction of sp³-hybridized carbons (Fsp3) is 0.769. The molecule has 7 nitrogen and oxygen atoms in total. The number of carbonyl (C=O) groups excluding carboxylic acids is 2. The highest BCUT2D eigenvalue weighted by molar-refractivity contribution is 5.83. The number of rotatable bonds is 8. The molecule has 0 radical (unpaired) electrons. The molecule has 0 fully saturated rings. The largest absolute Gasteiger partial charge is 0.480 e. The molecule has 1 atom stereocenters. The minimum absolute atomic E-state index is 0.00734. The van der Waals surface area contributed by atoms with Crippen LogP contribution in [0.1, 0.15) is 40.0 Å². The van der Waals surface area contributed by atoms with E-state index in [9.17, 15) is 14.4 Å². The Morgan fingerprint density at radius 3 is 2.35 bits per heavy atom. The Bertz CT molecular complexity index is 355. The summed E-state index contributed by atoms with van der Waals surface area (Å²) in [5.74, 6) is -1.69. The molecule has 20 heavy (non-hydrogen) atoms. The zero-order chi connectivity index (χ0) is 15.8. The van der Waals surface area contributed by atoms with Gasteiger partial charge < -0.3 is 20.5 Å². The van der Waals surface area contributed by atoms with Gasteiger partial charge in [-0.3, -0.25) is 4.79 Å². The van der Waals surface area contributed by atoms with Gasteiger partial charge in [-0.05, 0) is 18.3 Å². The summed E-state index contributed by atoms with van der Waals surface area (Å²) in [6.07, 6.45) is 0.818. The molecule has 0 aliphatic rings. The van der Waals surface area contributed by atoms with Crippen molar-refractivity contribution in [1.29, 1.82) is 0 Å². The van der Waals surface area contributed by atoms with Gasteiger partial charge in [-0.2, -0.15) is 0 Å². The number of carboxylic acid groups (broad SMARTS) is 1. The lowest BCUT2D eigenvalue weighted by molar-refractivity contribution is -0.142. The van der Waals surface area contributed by atoms with Crippen molar-refractivity contribution in [3.05, 3.63) is 0 Å². The van der Waals surface area contributed by atoms with Crippen LogP contribution in [-0.2, 0) is 14.3 Å². The molecular formula is C13H24N2O5. The fourth-order valence-corrected chi connectivity index (χ4v) is 1.28. The number of methoxy groups -OCH3 is 1. The summed E-state index contributed by atoms with van der Waals surface area (Å²) in [6.45, 7) is 6.45. The van der Waals surface area contributed by atoms with Crippen molar-refractivity contribution in [3.8, 4) is 0 Å². The highest BCUT2D eigenvalue weighted by Crippen LogP contribution is 2.17. The van der Waals surface area contributed by atoms with Gasteiger partial charge in [-0.15, -0.1) is 0 Å². The lowest BCUT2D eigenvalue weighted by atomic mass is 9.90. The average molecular weight is 288 g/mol. The first-order chi connectivity index (χ1) is 9.21. The van der Waals surface area contributed by atoms with E-state index < -0.39 is 24.0 Å². The van der Waals surface area contributed by atoms with Crippen molar-refractivity contribution in [2.45, 2.75) is 46.1 Å². The maximum Gasteiger partial charge on any atom is 0.326 e. The number of aliphatic carboxylic acids is 1. The van der Waals surface area contributed by atoms with Crippen LogP contribution in [0.15, 0.2) is 0 Å². The Hall–Kier alpha value is -1.79. The smallest absolute Gasteiger partial charge is 0.326 e. The molecule has 0 saturated heterocycles. The Balaban J connectivity index is 4.28. The third-order valence-corrected chi connectivity index (χ3v) is 3.15. The van der Waals surface area contributed by atoms with E-state index in [1.807, 2.05) is 20.8 Å². The first-order valence-corrected chi connectivity index (χ1v) is 6.56. The molecule has 2 amide bonds. The lowest BCUT2D eigenvalue weighted by Crippen LogP contribution is -2.48. The molecule has 0 aliphatic heterocycles. The molecule has 0 aromatic carbocycles.